The van der Waals surface area contributed by atoms with E-state index < -0.39 is 0 Å². The maximum atomic E-state index is 12.7. The summed E-state index contributed by atoms with van der Waals surface area (Å²) < 4.78 is 0. The molecule has 3 nitrogen and oxygen atoms in total. The van der Waals surface area contributed by atoms with Crippen LogP contribution in [0.4, 0.5) is 0 Å². The molecule has 1 amide bonds. The van der Waals surface area contributed by atoms with Crippen molar-refractivity contribution in [3.05, 3.63) is 29.8 Å². The van der Waals surface area contributed by atoms with Crippen LogP contribution in [0.1, 0.15) is 37.6 Å². The van der Waals surface area contributed by atoms with Crippen LogP contribution in [-0.4, -0.2) is 35.7 Å². The number of nitrogens with zero attached hydrogens (tertiary/aromatic N) is 1. The van der Waals surface area contributed by atoms with Crippen molar-refractivity contribution in [1.29, 1.82) is 0 Å². The average molecular weight is 329 g/mol. The SMILES string of the molecule is CC(C)Sc1ccccc1C(=O)N1CCC(C)(CN)C1.Cl. The minimum atomic E-state index is 0. The Morgan fingerprint density at radius 2 is 2.10 bits per heavy atom. The zero-order valence-corrected chi connectivity index (χ0v) is 14.6. The highest BCUT2D eigenvalue weighted by atomic mass is 35.5. The Kier molecular flexibility index (Phi) is 6.57. The van der Waals surface area contributed by atoms with Crippen molar-refractivity contribution in [2.24, 2.45) is 11.1 Å². The van der Waals surface area contributed by atoms with Gasteiger partial charge in [0.1, 0.15) is 0 Å². The van der Waals surface area contributed by atoms with Crippen LogP contribution in [0.5, 0.6) is 0 Å². The number of hydrogen-bond acceptors (Lipinski definition) is 3. The van der Waals surface area contributed by atoms with Gasteiger partial charge in [0, 0.05) is 23.2 Å². The van der Waals surface area contributed by atoms with Crippen LogP contribution in [-0.2, 0) is 0 Å². The maximum absolute atomic E-state index is 12.7. The van der Waals surface area contributed by atoms with Gasteiger partial charge in [0.05, 0.1) is 5.56 Å². The second kappa shape index (κ2) is 7.52. The quantitative estimate of drug-likeness (QED) is 0.861. The Labute approximate surface area is 138 Å². The first-order valence-corrected chi connectivity index (χ1v) is 8.08. The van der Waals surface area contributed by atoms with E-state index in [1.165, 1.54) is 0 Å². The van der Waals surface area contributed by atoms with E-state index in [1.807, 2.05) is 29.2 Å². The minimum Gasteiger partial charge on any atom is -0.338 e. The molecule has 1 atom stereocenters. The summed E-state index contributed by atoms with van der Waals surface area (Å²) in [5.41, 5.74) is 6.73. The number of likely N-dealkylation sites (tertiary alicyclic amines) is 1. The van der Waals surface area contributed by atoms with Crippen molar-refractivity contribution in [3.8, 4) is 0 Å². The summed E-state index contributed by atoms with van der Waals surface area (Å²) in [6.45, 7) is 8.67. The Morgan fingerprint density at radius 3 is 2.67 bits per heavy atom. The van der Waals surface area contributed by atoms with Crippen molar-refractivity contribution in [1.82, 2.24) is 4.90 Å². The van der Waals surface area contributed by atoms with Gasteiger partial charge in [0.25, 0.3) is 5.91 Å². The lowest BCUT2D eigenvalue weighted by molar-refractivity contribution is 0.0773. The van der Waals surface area contributed by atoms with Gasteiger partial charge in [-0.25, -0.2) is 0 Å². The van der Waals surface area contributed by atoms with Crippen LogP contribution in [0.25, 0.3) is 0 Å². The van der Waals surface area contributed by atoms with E-state index in [1.54, 1.807) is 11.8 Å². The van der Waals surface area contributed by atoms with Crippen molar-refractivity contribution in [2.45, 2.75) is 37.3 Å². The van der Waals surface area contributed by atoms with E-state index in [2.05, 4.69) is 20.8 Å². The number of rotatable bonds is 4. The smallest absolute Gasteiger partial charge is 0.255 e. The van der Waals surface area contributed by atoms with Gasteiger partial charge in [-0.2, -0.15) is 0 Å². The fourth-order valence-corrected chi connectivity index (χ4v) is 3.48. The van der Waals surface area contributed by atoms with Crippen molar-refractivity contribution in [2.75, 3.05) is 19.6 Å². The summed E-state index contributed by atoms with van der Waals surface area (Å²) in [5, 5.41) is 0.469. The summed E-state index contributed by atoms with van der Waals surface area (Å²) in [6, 6.07) is 7.91. The predicted molar refractivity (Wildman–Crippen MR) is 92.4 cm³/mol. The van der Waals surface area contributed by atoms with E-state index >= 15 is 0 Å². The Bertz CT molecular complexity index is 495. The second-order valence-electron chi connectivity index (χ2n) is 6.15. The molecule has 1 heterocycles. The first-order valence-electron chi connectivity index (χ1n) is 7.20. The van der Waals surface area contributed by atoms with Gasteiger partial charge in [0.2, 0.25) is 0 Å². The number of benzene rings is 1. The van der Waals surface area contributed by atoms with Crippen molar-refractivity contribution >= 4 is 30.1 Å². The fourth-order valence-electron chi connectivity index (χ4n) is 2.53. The molecule has 2 N–H and O–H groups in total. The number of carbonyl (C=O) groups is 1. The highest BCUT2D eigenvalue weighted by molar-refractivity contribution is 8.00. The van der Waals surface area contributed by atoms with Crippen molar-refractivity contribution in [3.63, 3.8) is 0 Å². The van der Waals surface area contributed by atoms with E-state index in [-0.39, 0.29) is 23.7 Å². The van der Waals surface area contributed by atoms with E-state index in [9.17, 15) is 4.79 Å². The molecule has 118 valence electrons. The highest BCUT2D eigenvalue weighted by Gasteiger charge is 2.35. The average Bonchev–Trinajstić information content (AvgIpc) is 2.81. The van der Waals surface area contributed by atoms with Gasteiger partial charge in [-0.3, -0.25) is 4.79 Å². The Hall–Kier alpha value is -0.710. The summed E-state index contributed by atoms with van der Waals surface area (Å²) in [5.74, 6) is 0.144. The third-order valence-electron chi connectivity index (χ3n) is 3.82. The van der Waals surface area contributed by atoms with Crippen LogP contribution in [0.3, 0.4) is 0 Å². The van der Waals surface area contributed by atoms with Gasteiger partial charge in [-0.15, -0.1) is 24.2 Å². The predicted octanol–water partition coefficient (Wildman–Crippen LogP) is 3.42. The number of halogens is 1. The van der Waals surface area contributed by atoms with E-state index in [4.69, 9.17) is 5.73 Å². The molecule has 0 spiro atoms. The third kappa shape index (κ3) is 4.38. The number of thioether (sulfide) groups is 1. The molecule has 1 aliphatic heterocycles. The largest absolute Gasteiger partial charge is 0.338 e. The molecular formula is C16H25ClN2OS. The Balaban J connectivity index is 0.00000220. The molecular weight excluding hydrogens is 304 g/mol. The molecule has 1 aromatic rings. The monoisotopic (exact) mass is 328 g/mol. The molecule has 5 heteroatoms. The van der Waals surface area contributed by atoms with Gasteiger partial charge in [-0.05, 0) is 30.5 Å². The highest BCUT2D eigenvalue weighted by Crippen LogP contribution is 2.32. The lowest BCUT2D eigenvalue weighted by Gasteiger charge is -2.23. The molecule has 0 saturated carbocycles. The third-order valence-corrected chi connectivity index (χ3v) is 4.90. The molecule has 1 saturated heterocycles. The fraction of sp³-hybridized carbons (Fsp3) is 0.562. The molecule has 2 rings (SSSR count). The minimum absolute atomic E-state index is 0. The van der Waals surface area contributed by atoms with E-state index in [0.717, 1.165) is 30.0 Å². The molecule has 1 aromatic carbocycles. The number of nitrogens with two attached hydrogens (primary N) is 1. The lowest BCUT2D eigenvalue weighted by Crippen LogP contribution is -2.34. The summed E-state index contributed by atoms with van der Waals surface area (Å²) in [4.78, 5) is 15.8. The maximum Gasteiger partial charge on any atom is 0.255 e. The normalized spacial score (nSPS) is 21.5. The van der Waals surface area contributed by atoms with Crippen LogP contribution < -0.4 is 5.73 Å². The number of hydrogen-bond donors (Lipinski definition) is 1. The molecule has 1 aliphatic rings. The second-order valence-corrected chi connectivity index (χ2v) is 7.77. The zero-order chi connectivity index (χ0) is 14.8. The van der Waals surface area contributed by atoms with Gasteiger partial charge in [-0.1, -0.05) is 32.9 Å². The first-order chi connectivity index (χ1) is 9.45. The molecule has 1 fully saturated rings. The molecule has 0 aromatic heterocycles. The van der Waals surface area contributed by atoms with Crippen LogP contribution in [0.15, 0.2) is 29.2 Å². The van der Waals surface area contributed by atoms with E-state index in [0.29, 0.717) is 11.8 Å². The summed E-state index contributed by atoms with van der Waals surface area (Å²) >= 11 is 1.75. The molecule has 0 radical (unpaired) electrons. The van der Waals surface area contributed by atoms with Gasteiger partial charge in [0.15, 0.2) is 0 Å². The Morgan fingerprint density at radius 1 is 1.43 bits per heavy atom. The van der Waals surface area contributed by atoms with Crippen LogP contribution in [0.2, 0.25) is 0 Å². The zero-order valence-electron chi connectivity index (χ0n) is 13.0. The number of amides is 1. The standard InChI is InChI=1S/C16H24N2OS.ClH/c1-12(2)20-14-7-5-4-6-13(14)15(19)18-9-8-16(3,10-17)11-18;/h4-7,12H,8-11,17H2,1-3H3;1H. The number of carbonyl (C=O) groups excluding carboxylic acids is 1. The summed E-state index contributed by atoms with van der Waals surface area (Å²) in [6.07, 6.45) is 0.995. The van der Waals surface area contributed by atoms with Crippen LogP contribution in [0, 0.1) is 5.41 Å². The van der Waals surface area contributed by atoms with Gasteiger partial charge < -0.3 is 10.6 Å². The summed E-state index contributed by atoms with van der Waals surface area (Å²) in [7, 11) is 0. The van der Waals surface area contributed by atoms with Crippen LogP contribution >= 0.6 is 24.2 Å². The first kappa shape index (κ1) is 18.3. The topological polar surface area (TPSA) is 46.3 Å². The molecule has 21 heavy (non-hydrogen) atoms. The molecule has 0 aliphatic carbocycles. The van der Waals surface area contributed by atoms with Gasteiger partial charge >= 0.3 is 0 Å². The lowest BCUT2D eigenvalue weighted by atomic mass is 9.90. The van der Waals surface area contributed by atoms with Crippen molar-refractivity contribution < 1.29 is 4.79 Å². The molecule has 1 unspecified atom stereocenters. The molecule has 0 bridgehead atoms.